The lowest BCUT2D eigenvalue weighted by atomic mass is 9.76. The number of fused-ring (bicyclic) bond motifs is 1. The summed E-state index contributed by atoms with van der Waals surface area (Å²) in [5.74, 6) is -0.772. The van der Waals surface area contributed by atoms with Crippen LogP contribution in [-0.2, 0) is 19.4 Å². The van der Waals surface area contributed by atoms with E-state index in [1.165, 1.54) is 23.3 Å². The van der Waals surface area contributed by atoms with Crippen molar-refractivity contribution >= 4 is 17.3 Å². The van der Waals surface area contributed by atoms with E-state index in [0.717, 1.165) is 54.9 Å². The molecule has 2 heterocycles. The van der Waals surface area contributed by atoms with Gasteiger partial charge in [-0.05, 0) is 67.3 Å². The van der Waals surface area contributed by atoms with Gasteiger partial charge in [-0.25, -0.2) is 4.79 Å². The van der Waals surface area contributed by atoms with E-state index in [1.54, 1.807) is 11.3 Å². The maximum atomic E-state index is 12.2. The zero-order valence-electron chi connectivity index (χ0n) is 15.7. The molecule has 0 unspecified atom stereocenters. The van der Waals surface area contributed by atoms with Crippen LogP contribution in [0.15, 0.2) is 24.3 Å². The summed E-state index contributed by atoms with van der Waals surface area (Å²) < 4.78 is 0. The minimum atomic E-state index is -0.772. The van der Waals surface area contributed by atoms with Crippen LogP contribution in [0.1, 0.15) is 59.5 Å². The summed E-state index contributed by atoms with van der Waals surface area (Å²) >= 11 is 1.72. The summed E-state index contributed by atoms with van der Waals surface area (Å²) in [5, 5.41) is 10.0. The van der Waals surface area contributed by atoms with Gasteiger partial charge in [0.25, 0.3) is 0 Å². The summed E-state index contributed by atoms with van der Waals surface area (Å²) in [7, 11) is 0. The first kappa shape index (κ1) is 17.7. The van der Waals surface area contributed by atoms with Crippen molar-refractivity contribution < 1.29 is 9.90 Å². The molecule has 0 spiro atoms. The van der Waals surface area contributed by atoms with Gasteiger partial charge in [0.05, 0.1) is 5.56 Å². The quantitative estimate of drug-likeness (QED) is 0.803. The summed E-state index contributed by atoms with van der Waals surface area (Å²) in [6.07, 6.45) is 5.54. The van der Waals surface area contributed by atoms with Gasteiger partial charge in [-0.3, -0.25) is 4.90 Å². The molecule has 3 nitrogen and oxygen atoms in total. The standard InChI is InChI=1S/C22H27NO2S/c1-22(2)10-9-18-17(13-22)19(21(24)25)20(26-18)16-8-4-3-7-15(16)14-23-11-5-6-12-23/h3-4,7-8H,5-6,9-14H2,1-2H3,(H,24,25). The molecule has 0 bridgehead atoms. The maximum Gasteiger partial charge on any atom is 0.337 e. The number of rotatable bonds is 4. The number of aromatic carboxylic acids is 1. The van der Waals surface area contributed by atoms with Crippen molar-refractivity contribution in [3.63, 3.8) is 0 Å². The molecule has 1 saturated heterocycles. The van der Waals surface area contributed by atoms with Crippen molar-refractivity contribution in [2.24, 2.45) is 5.41 Å². The SMILES string of the molecule is CC1(C)CCc2sc(-c3ccccc3CN3CCCC3)c(C(=O)O)c2C1. The number of carbonyl (C=O) groups is 1. The number of nitrogens with zero attached hydrogens (tertiary/aromatic N) is 1. The molecule has 1 aliphatic heterocycles. The van der Waals surface area contributed by atoms with Crippen LogP contribution in [0.25, 0.3) is 10.4 Å². The van der Waals surface area contributed by atoms with Crippen LogP contribution in [0.4, 0.5) is 0 Å². The van der Waals surface area contributed by atoms with Crippen molar-refractivity contribution in [2.75, 3.05) is 13.1 Å². The Kier molecular flexibility index (Phi) is 4.66. The number of benzene rings is 1. The molecule has 1 aromatic heterocycles. The molecular weight excluding hydrogens is 342 g/mol. The molecule has 0 radical (unpaired) electrons. The smallest absolute Gasteiger partial charge is 0.337 e. The number of hydrogen-bond donors (Lipinski definition) is 1. The van der Waals surface area contributed by atoms with Crippen LogP contribution in [0, 0.1) is 5.41 Å². The van der Waals surface area contributed by atoms with E-state index in [9.17, 15) is 9.90 Å². The lowest BCUT2D eigenvalue weighted by molar-refractivity contribution is 0.0696. The Morgan fingerprint density at radius 1 is 1.23 bits per heavy atom. The van der Waals surface area contributed by atoms with Gasteiger partial charge in [0.1, 0.15) is 0 Å². The summed E-state index contributed by atoms with van der Waals surface area (Å²) in [4.78, 5) is 16.9. The highest BCUT2D eigenvalue weighted by atomic mass is 32.1. The summed E-state index contributed by atoms with van der Waals surface area (Å²) in [6, 6.07) is 8.39. The molecule has 4 rings (SSSR count). The van der Waals surface area contributed by atoms with E-state index in [-0.39, 0.29) is 5.41 Å². The molecule has 0 atom stereocenters. The van der Waals surface area contributed by atoms with Crippen LogP contribution in [0.5, 0.6) is 0 Å². The van der Waals surface area contributed by atoms with Crippen molar-refractivity contribution in [3.8, 4) is 10.4 Å². The third-order valence-electron chi connectivity index (χ3n) is 5.84. The number of carboxylic acids is 1. The predicted octanol–water partition coefficient (Wildman–Crippen LogP) is 5.22. The predicted molar refractivity (Wildman–Crippen MR) is 107 cm³/mol. The molecule has 1 aromatic carbocycles. The van der Waals surface area contributed by atoms with Gasteiger partial charge in [0.15, 0.2) is 0 Å². The summed E-state index contributed by atoms with van der Waals surface area (Å²) in [6.45, 7) is 7.72. The molecule has 4 heteroatoms. The monoisotopic (exact) mass is 369 g/mol. The van der Waals surface area contributed by atoms with Crippen LogP contribution in [0.2, 0.25) is 0 Å². The zero-order chi connectivity index (χ0) is 18.3. The normalized spacial score (nSPS) is 19.5. The third kappa shape index (κ3) is 3.33. The van der Waals surface area contributed by atoms with Gasteiger partial charge in [-0.2, -0.15) is 0 Å². The van der Waals surface area contributed by atoms with Gasteiger partial charge < -0.3 is 5.11 Å². The Balaban J connectivity index is 1.79. The minimum absolute atomic E-state index is 0.185. The fraction of sp³-hybridized carbons (Fsp3) is 0.500. The van der Waals surface area contributed by atoms with Gasteiger partial charge in [-0.1, -0.05) is 38.1 Å². The number of carboxylic acid groups (broad SMARTS) is 1. The zero-order valence-corrected chi connectivity index (χ0v) is 16.5. The van der Waals surface area contributed by atoms with E-state index < -0.39 is 5.97 Å². The van der Waals surface area contributed by atoms with Crippen LogP contribution in [-0.4, -0.2) is 29.1 Å². The van der Waals surface area contributed by atoms with E-state index in [2.05, 4.69) is 36.9 Å². The van der Waals surface area contributed by atoms with Crippen LogP contribution < -0.4 is 0 Å². The van der Waals surface area contributed by atoms with Crippen molar-refractivity contribution in [3.05, 3.63) is 45.8 Å². The highest BCUT2D eigenvalue weighted by Gasteiger charge is 2.33. The highest BCUT2D eigenvalue weighted by Crippen LogP contribution is 2.45. The molecule has 1 fully saturated rings. The fourth-order valence-electron chi connectivity index (χ4n) is 4.40. The number of aryl methyl sites for hydroxylation is 1. The van der Waals surface area contributed by atoms with Gasteiger partial charge in [-0.15, -0.1) is 11.3 Å². The largest absolute Gasteiger partial charge is 0.478 e. The Hall–Kier alpha value is -1.65. The lowest BCUT2D eigenvalue weighted by Gasteiger charge is -2.29. The number of thiophene rings is 1. The molecule has 26 heavy (non-hydrogen) atoms. The average molecular weight is 370 g/mol. The van der Waals surface area contributed by atoms with E-state index >= 15 is 0 Å². The second-order valence-corrected chi connectivity index (χ2v) is 9.60. The van der Waals surface area contributed by atoms with E-state index in [0.29, 0.717) is 5.56 Å². The summed E-state index contributed by atoms with van der Waals surface area (Å²) in [5.41, 5.74) is 4.21. The minimum Gasteiger partial charge on any atom is -0.478 e. The lowest BCUT2D eigenvalue weighted by Crippen LogP contribution is -2.22. The van der Waals surface area contributed by atoms with Gasteiger partial charge in [0, 0.05) is 16.3 Å². The molecule has 1 N–H and O–H groups in total. The van der Waals surface area contributed by atoms with Crippen molar-refractivity contribution in [1.29, 1.82) is 0 Å². The second kappa shape index (κ2) is 6.82. The van der Waals surface area contributed by atoms with Crippen molar-refractivity contribution in [1.82, 2.24) is 4.90 Å². The van der Waals surface area contributed by atoms with Crippen LogP contribution >= 0.6 is 11.3 Å². The molecule has 2 aromatic rings. The number of likely N-dealkylation sites (tertiary alicyclic amines) is 1. The molecular formula is C22H27NO2S. The van der Waals surface area contributed by atoms with Crippen molar-refractivity contribution in [2.45, 2.75) is 52.5 Å². The highest BCUT2D eigenvalue weighted by molar-refractivity contribution is 7.16. The first-order valence-electron chi connectivity index (χ1n) is 9.63. The number of hydrogen-bond acceptors (Lipinski definition) is 3. The molecule has 1 aliphatic carbocycles. The Morgan fingerprint density at radius 2 is 1.96 bits per heavy atom. The van der Waals surface area contributed by atoms with E-state index in [4.69, 9.17) is 0 Å². The van der Waals surface area contributed by atoms with Crippen LogP contribution in [0.3, 0.4) is 0 Å². The molecule has 0 amide bonds. The van der Waals surface area contributed by atoms with Gasteiger partial charge in [0.2, 0.25) is 0 Å². The molecule has 2 aliphatic rings. The second-order valence-electron chi connectivity index (χ2n) is 8.49. The van der Waals surface area contributed by atoms with Gasteiger partial charge >= 0.3 is 5.97 Å². The Morgan fingerprint density at radius 3 is 2.69 bits per heavy atom. The average Bonchev–Trinajstić information content (AvgIpc) is 3.21. The van der Waals surface area contributed by atoms with E-state index in [1.807, 2.05) is 6.07 Å². The fourth-order valence-corrected chi connectivity index (χ4v) is 5.77. The molecule has 0 saturated carbocycles. The molecule has 138 valence electrons. The maximum absolute atomic E-state index is 12.2. The topological polar surface area (TPSA) is 40.5 Å². The first-order valence-corrected chi connectivity index (χ1v) is 10.4. The first-order chi connectivity index (χ1) is 12.4. The Bertz CT molecular complexity index is 831. The third-order valence-corrected chi connectivity index (χ3v) is 7.17. The Labute approximate surface area is 159 Å².